The Morgan fingerprint density at radius 1 is 1.18 bits per heavy atom. The zero-order valence-corrected chi connectivity index (χ0v) is 17.8. The lowest BCUT2D eigenvalue weighted by atomic mass is 10.2. The van der Waals surface area contributed by atoms with Gasteiger partial charge in [0, 0.05) is 5.69 Å². The molecule has 0 atom stereocenters. The number of nitrogens with zero attached hydrogens (tertiary/aromatic N) is 3. The summed E-state index contributed by atoms with van der Waals surface area (Å²) in [5.74, 6) is -0.914. The standard InChI is InChI=1S/C21H16F3N5O3S/c1-12-4-2-3-5-16(12)29-18-15(10-25-29)19(31)28-20(27-18)33-11-17(30)26-13-6-8-14(9-7-13)32-21(22,23)24/h2-10H,11H2,1H3,(H,26,30)(H,27,28,31). The van der Waals surface area contributed by atoms with Crippen LogP contribution in [0.5, 0.6) is 5.75 Å². The van der Waals surface area contributed by atoms with Crippen molar-refractivity contribution in [2.75, 3.05) is 11.1 Å². The first-order valence-electron chi connectivity index (χ1n) is 9.52. The number of aromatic nitrogens is 4. The number of nitrogens with one attached hydrogen (secondary N) is 2. The molecule has 0 bridgehead atoms. The molecule has 0 saturated heterocycles. The van der Waals surface area contributed by atoms with Gasteiger partial charge >= 0.3 is 6.36 Å². The van der Waals surface area contributed by atoms with Crippen molar-refractivity contribution in [3.8, 4) is 11.4 Å². The Hall–Kier alpha value is -3.80. The molecule has 2 aromatic heterocycles. The molecule has 0 aliphatic carbocycles. The van der Waals surface area contributed by atoms with Crippen molar-refractivity contribution >= 4 is 34.4 Å². The molecule has 4 aromatic rings. The van der Waals surface area contributed by atoms with Crippen molar-refractivity contribution in [1.29, 1.82) is 0 Å². The maximum atomic E-state index is 12.4. The van der Waals surface area contributed by atoms with Gasteiger partial charge < -0.3 is 15.0 Å². The largest absolute Gasteiger partial charge is 0.573 e. The summed E-state index contributed by atoms with van der Waals surface area (Å²) in [6, 6.07) is 12.3. The van der Waals surface area contributed by atoms with E-state index in [0.29, 0.717) is 16.7 Å². The first kappa shape index (κ1) is 22.4. The number of fused-ring (bicyclic) bond motifs is 1. The van der Waals surface area contributed by atoms with Crippen LogP contribution in [0.1, 0.15) is 5.56 Å². The average molecular weight is 475 g/mol. The summed E-state index contributed by atoms with van der Waals surface area (Å²) in [7, 11) is 0. The second-order valence-electron chi connectivity index (χ2n) is 6.86. The van der Waals surface area contributed by atoms with Crippen LogP contribution in [0, 0.1) is 6.92 Å². The van der Waals surface area contributed by atoms with Crippen molar-refractivity contribution in [3.63, 3.8) is 0 Å². The minimum absolute atomic E-state index is 0.0895. The molecule has 33 heavy (non-hydrogen) atoms. The Bertz CT molecular complexity index is 1370. The highest BCUT2D eigenvalue weighted by Gasteiger charge is 2.31. The topological polar surface area (TPSA) is 102 Å². The first-order valence-corrected chi connectivity index (χ1v) is 10.5. The van der Waals surface area contributed by atoms with E-state index in [1.54, 1.807) is 4.68 Å². The van der Waals surface area contributed by atoms with Gasteiger partial charge in [-0.15, -0.1) is 13.2 Å². The summed E-state index contributed by atoms with van der Waals surface area (Å²) in [4.78, 5) is 31.8. The highest BCUT2D eigenvalue weighted by molar-refractivity contribution is 7.99. The van der Waals surface area contributed by atoms with E-state index in [1.165, 1.54) is 18.3 Å². The van der Waals surface area contributed by atoms with Crippen LogP contribution >= 0.6 is 11.8 Å². The van der Waals surface area contributed by atoms with E-state index < -0.39 is 18.0 Å². The second-order valence-corrected chi connectivity index (χ2v) is 7.82. The molecule has 12 heteroatoms. The molecule has 170 valence electrons. The van der Waals surface area contributed by atoms with Crippen molar-refractivity contribution in [2.24, 2.45) is 0 Å². The number of H-pyrrole nitrogens is 1. The number of halogens is 3. The number of hydrogen-bond acceptors (Lipinski definition) is 6. The molecular formula is C21H16F3N5O3S. The molecule has 0 fully saturated rings. The van der Waals surface area contributed by atoms with Gasteiger partial charge in [0.1, 0.15) is 11.1 Å². The van der Waals surface area contributed by atoms with Crippen LogP contribution in [0.15, 0.2) is 64.7 Å². The Kier molecular flexibility index (Phi) is 6.09. The zero-order chi connectivity index (χ0) is 23.6. The van der Waals surface area contributed by atoms with E-state index in [2.05, 4.69) is 25.1 Å². The SMILES string of the molecule is Cc1ccccc1-n1ncc2c(=O)[nH]c(SCC(=O)Nc3ccc(OC(F)(F)F)cc3)nc21. The number of para-hydroxylation sites is 1. The van der Waals surface area contributed by atoms with E-state index in [-0.39, 0.29) is 16.5 Å². The first-order chi connectivity index (χ1) is 15.7. The van der Waals surface area contributed by atoms with E-state index >= 15 is 0 Å². The number of alkyl halides is 3. The molecule has 2 aromatic carbocycles. The fourth-order valence-electron chi connectivity index (χ4n) is 3.01. The molecule has 2 heterocycles. The number of thioether (sulfide) groups is 1. The van der Waals surface area contributed by atoms with Crippen LogP contribution in [-0.4, -0.2) is 37.8 Å². The van der Waals surface area contributed by atoms with Gasteiger partial charge in [-0.3, -0.25) is 9.59 Å². The predicted octanol–water partition coefficient (Wildman–Crippen LogP) is 4.05. The van der Waals surface area contributed by atoms with Crippen molar-refractivity contribution in [3.05, 3.63) is 70.6 Å². The van der Waals surface area contributed by atoms with E-state index in [0.717, 1.165) is 35.1 Å². The number of carbonyl (C=O) groups is 1. The van der Waals surface area contributed by atoms with Gasteiger partial charge in [-0.2, -0.15) is 5.10 Å². The van der Waals surface area contributed by atoms with Gasteiger partial charge in [-0.1, -0.05) is 30.0 Å². The predicted molar refractivity (Wildman–Crippen MR) is 117 cm³/mol. The normalized spacial score (nSPS) is 11.5. The third kappa shape index (κ3) is 5.34. The van der Waals surface area contributed by atoms with Gasteiger partial charge in [0.15, 0.2) is 10.8 Å². The van der Waals surface area contributed by atoms with E-state index in [9.17, 15) is 22.8 Å². The second kappa shape index (κ2) is 8.98. The smallest absolute Gasteiger partial charge is 0.406 e. The molecule has 4 rings (SSSR count). The number of ether oxygens (including phenoxy) is 1. The number of benzene rings is 2. The summed E-state index contributed by atoms with van der Waals surface area (Å²) in [5, 5.41) is 7.38. The minimum atomic E-state index is -4.79. The summed E-state index contributed by atoms with van der Waals surface area (Å²) in [6.07, 6.45) is -3.36. The maximum absolute atomic E-state index is 12.4. The fourth-order valence-corrected chi connectivity index (χ4v) is 3.67. The molecule has 0 aliphatic heterocycles. The Labute approximate surface area is 188 Å². The highest BCUT2D eigenvalue weighted by Crippen LogP contribution is 2.24. The Morgan fingerprint density at radius 3 is 2.61 bits per heavy atom. The van der Waals surface area contributed by atoms with Crippen LogP contribution in [-0.2, 0) is 4.79 Å². The highest BCUT2D eigenvalue weighted by atomic mass is 32.2. The maximum Gasteiger partial charge on any atom is 0.573 e. The third-order valence-corrected chi connectivity index (χ3v) is 5.34. The lowest BCUT2D eigenvalue weighted by Crippen LogP contribution is -2.17. The summed E-state index contributed by atoms with van der Waals surface area (Å²) < 4.78 is 42.0. The Morgan fingerprint density at radius 2 is 1.91 bits per heavy atom. The molecule has 0 spiro atoms. The summed E-state index contributed by atoms with van der Waals surface area (Å²) in [6.45, 7) is 1.91. The molecule has 0 aliphatic rings. The summed E-state index contributed by atoms with van der Waals surface area (Å²) in [5.41, 5.74) is 1.99. The van der Waals surface area contributed by atoms with Gasteiger partial charge in [-0.25, -0.2) is 9.67 Å². The lowest BCUT2D eigenvalue weighted by Gasteiger charge is -2.10. The van der Waals surface area contributed by atoms with Gasteiger partial charge in [-0.05, 0) is 42.8 Å². The van der Waals surface area contributed by atoms with Crippen LogP contribution in [0.3, 0.4) is 0 Å². The number of aromatic amines is 1. The molecule has 0 unspecified atom stereocenters. The monoisotopic (exact) mass is 475 g/mol. The lowest BCUT2D eigenvalue weighted by molar-refractivity contribution is -0.274. The Balaban J connectivity index is 1.46. The number of rotatable bonds is 6. The third-order valence-electron chi connectivity index (χ3n) is 4.47. The number of aryl methyl sites for hydroxylation is 1. The van der Waals surface area contributed by atoms with Gasteiger partial charge in [0.2, 0.25) is 5.91 Å². The number of anilines is 1. The number of carbonyl (C=O) groups excluding carboxylic acids is 1. The van der Waals surface area contributed by atoms with Gasteiger partial charge in [0.25, 0.3) is 5.56 Å². The minimum Gasteiger partial charge on any atom is -0.406 e. The molecule has 0 saturated carbocycles. The zero-order valence-electron chi connectivity index (χ0n) is 17.0. The van der Waals surface area contributed by atoms with Crippen LogP contribution in [0.2, 0.25) is 0 Å². The van der Waals surface area contributed by atoms with E-state index in [1.807, 2.05) is 31.2 Å². The summed E-state index contributed by atoms with van der Waals surface area (Å²) >= 11 is 1.01. The van der Waals surface area contributed by atoms with Crippen molar-refractivity contribution < 1.29 is 22.7 Å². The fraction of sp³-hybridized carbons (Fsp3) is 0.143. The van der Waals surface area contributed by atoms with E-state index in [4.69, 9.17) is 0 Å². The molecule has 2 N–H and O–H groups in total. The average Bonchev–Trinajstić information content (AvgIpc) is 3.17. The van der Waals surface area contributed by atoms with Crippen LogP contribution < -0.4 is 15.6 Å². The van der Waals surface area contributed by atoms with Crippen LogP contribution in [0.25, 0.3) is 16.7 Å². The molecule has 1 amide bonds. The quantitative estimate of drug-likeness (QED) is 0.322. The van der Waals surface area contributed by atoms with Crippen molar-refractivity contribution in [2.45, 2.75) is 18.4 Å². The molecule has 8 nitrogen and oxygen atoms in total. The van der Waals surface area contributed by atoms with Crippen LogP contribution in [0.4, 0.5) is 18.9 Å². The number of hydrogen-bond donors (Lipinski definition) is 2. The molecule has 0 radical (unpaired) electrons. The number of amides is 1. The van der Waals surface area contributed by atoms with Crippen molar-refractivity contribution in [1.82, 2.24) is 19.7 Å². The molecular weight excluding hydrogens is 459 g/mol. The van der Waals surface area contributed by atoms with Gasteiger partial charge in [0.05, 0.1) is 17.6 Å².